The van der Waals surface area contributed by atoms with Crippen LogP contribution in [0.4, 0.5) is 0 Å². The van der Waals surface area contributed by atoms with Gasteiger partial charge < -0.3 is 5.32 Å². The van der Waals surface area contributed by atoms with E-state index in [1.807, 2.05) is 0 Å². The third-order valence-electron chi connectivity index (χ3n) is 5.02. The maximum atomic E-state index is 4.63. The number of halogens is 1. The lowest BCUT2D eigenvalue weighted by Gasteiger charge is -2.50. The Morgan fingerprint density at radius 3 is 2.57 bits per heavy atom. The Balaban J connectivity index is 1.79. The van der Waals surface area contributed by atoms with E-state index in [4.69, 9.17) is 0 Å². The normalized spacial score (nSPS) is 29.8. The minimum absolute atomic E-state index is 0.478. The number of nitrogens with zero attached hydrogens (tertiary/aromatic N) is 4. The molecule has 3 saturated heterocycles. The molecule has 2 bridgehead atoms. The van der Waals surface area contributed by atoms with Crippen LogP contribution in [0.25, 0.3) is 0 Å². The second-order valence-electron chi connectivity index (χ2n) is 6.17. The highest BCUT2D eigenvalue weighted by Crippen LogP contribution is 2.25. The van der Waals surface area contributed by atoms with E-state index in [2.05, 4.69) is 61.7 Å². The van der Waals surface area contributed by atoms with Crippen molar-refractivity contribution in [2.45, 2.75) is 38.9 Å². The topological polar surface area (TPSA) is 36.3 Å². The van der Waals surface area contributed by atoms with Crippen molar-refractivity contribution < 1.29 is 0 Å². The van der Waals surface area contributed by atoms with Gasteiger partial charge in [0.1, 0.15) is 0 Å². The first-order chi connectivity index (χ1) is 10.1. The van der Waals surface area contributed by atoms with Crippen molar-refractivity contribution in [3.8, 4) is 0 Å². The molecule has 2 atom stereocenters. The highest BCUT2D eigenvalue weighted by atomic mass is 79.9. The first-order valence-electron chi connectivity index (χ1n) is 7.99. The lowest BCUT2D eigenvalue weighted by Crippen LogP contribution is -2.66. The fourth-order valence-electron chi connectivity index (χ4n) is 3.74. The van der Waals surface area contributed by atoms with Crippen LogP contribution in [0.2, 0.25) is 0 Å². The third-order valence-corrected chi connectivity index (χ3v) is 6.05. The molecule has 5 nitrogen and oxygen atoms in total. The maximum Gasteiger partial charge on any atom is 0.0738 e. The molecule has 6 heteroatoms. The Hall–Kier alpha value is -0.430. The van der Waals surface area contributed by atoms with Crippen molar-refractivity contribution >= 4 is 15.9 Å². The summed E-state index contributed by atoms with van der Waals surface area (Å²) in [5.74, 6) is 0. The zero-order chi connectivity index (χ0) is 15.0. The molecule has 0 aromatic carbocycles. The molecule has 2 unspecified atom stereocenters. The lowest BCUT2D eigenvalue weighted by atomic mass is 9.96. The Bertz CT molecular complexity index is 492. The third kappa shape index (κ3) is 2.91. The Labute approximate surface area is 135 Å². The number of fused-ring (bicyclic) bond motifs is 3. The molecule has 0 radical (unpaired) electrons. The second kappa shape index (κ2) is 6.36. The summed E-state index contributed by atoms with van der Waals surface area (Å²) in [7, 11) is 2.09. The van der Waals surface area contributed by atoms with E-state index in [1.165, 1.54) is 42.9 Å². The monoisotopic (exact) mass is 355 g/mol. The summed E-state index contributed by atoms with van der Waals surface area (Å²) in [5, 5.41) is 8.19. The highest BCUT2D eigenvalue weighted by Gasteiger charge is 2.36. The largest absolute Gasteiger partial charge is 0.315 e. The molecule has 1 N–H and O–H groups in total. The van der Waals surface area contributed by atoms with Crippen molar-refractivity contribution in [2.75, 3.05) is 39.8 Å². The summed E-state index contributed by atoms with van der Waals surface area (Å²) in [5.41, 5.74) is 2.42. The molecule has 4 rings (SSSR count). The highest BCUT2D eigenvalue weighted by molar-refractivity contribution is 9.10. The van der Waals surface area contributed by atoms with Gasteiger partial charge >= 0.3 is 0 Å². The van der Waals surface area contributed by atoms with Crippen LogP contribution in [-0.4, -0.2) is 71.4 Å². The summed E-state index contributed by atoms with van der Waals surface area (Å²) < 4.78 is 3.32. The molecule has 21 heavy (non-hydrogen) atoms. The van der Waals surface area contributed by atoms with Crippen LogP contribution in [0.5, 0.6) is 0 Å². The first kappa shape index (κ1) is 15.5. The number of nitrogens with one attached hydrogen (secondary N) is 1. The second-order valence-corrected chi connectivity index (χ2v) is 6.96. The number of aryl methyl sites for hydroxylation is 2. The minimum atomic E-state index is 0.478. The number of hydrogen-bond donors (Lipinski definition) is 1. The zero-order valence-corrected chi connectivity index (χ0v) is 14.9. The molecule has 3 fully saturated rings. The number of aromatic nitrogens is 2. The molecule has 0 aliphatic carbocycles. The van der Waals surface area contributed by atoms with Gasteiger partial charge in [-0.1, -0.05) is 0 Å². The van der Waals surface area contributed by atoms with Crippen molar-refractivity contribution in [1.82, 2.24) is 24.9 Å². The van der Waals surface area contributed by atoms with Crippen LogP contribution in [0.1, 0.15) is 18.3 Å². The van der Waals surface area contributed by atoms with E-state index in [0.717, 1.165) is 18.7 Å². The molecular weight excluding hydrogens is 330 g/mol. The predicted octanol–water partition coefficient (Wildman–Crippen LogP) is 1.10. The van der Waals surface area contributed by atoms with Gasteiger partial charge in [0.25, 0.3) is 0 Å². The first-order valence-corrected chi connectivity index (χ1v) is 8.78. The van der Waals surface area contributed by atoms with E-state index in [9.17, 15) is 0 Å². The van der Waals surface area contributed by atoms with E-state index in [0.29, 0.717) is 12.1 Å². The summed E-state index contributed by atoms with van der Waals surface area (Å²) in [6.45, 7) is 11.3. The summed E-state index contributed by atoms with van der Waals surface area (Å²) in [6, 6.07) is 1.09. The zero-order valence-electron chi connectivity index (χ0n) is 13.3. The van der Waals surface area contributed by atoms with Gasteiger partial charge in [-0.2, -0.15) is 5.10 Å². The van der Waals surface area contributed by atoms with Crippen molar-refractivity contribution in [1.29, 1.82) is 0 Å². The van der Waals surface area contributed by atoms with E-state index in [1.54, 1.807) is 0 Å². The van der Waals surface area contributed by atoms with Gasteiger partial charge in [-0.3, -0.25) is 14.5 Å². The quantitative estimate of drug-likeness (QED) is 0.858. The Kier molecular flexibility index (Phi) is 4.69. The Morgan fingerprint density at radius 2 is 2.05 bits per heavy atom. The minimum Gasteiger partial charge on any atom is -0.315 e. The fraction of sp³-hybridized carbons (Fsp3) is 0.800. The van der Waals surface area contributed by atoms with Crippen LogP contribution < -0.4 is 5.32 Å². The van der Waals surface area contributed by atoms with Crippen LogP contribution >= 0.6 is 15.9 Å². The molecule has 4 heterocycles. The van der Waals surface area contributed by atoms with Crippen molar-refractivity contribution in [3.05, 3.63) is 15.9 Å². The smallest absolute Gasteiger partial charge is 0.0738 e. The average molecular weight is 356 g/mol. The van der Waals surface area contributed by atoms with Crippen LogP contribution in [0, 0.1) is 6.92 Å². The Morgan fingerprint density at radius 1 is 1.33 bits per heavy atom. The SMILES string of the molecule is CCn1nc(C)c(Br)c1CC(NC)C1CN2CCN1CC2. The fourth-order valence-corrected chi connectivity index (χ4v) is 4.19. The lowest BCUT2D eigenvalue weighted by molar-refractivity contribution is -0.00230. The molecular formula is C15H26BrN5. The van der Waals surface area contributed by atoms with Crippen LogP contribution in [-0.2, 0) is 13.0 Å². The molecule has 0 spiro atoms. The van der Waals surface area contributed by atoms with Gasteiger partial charge in [0, 0.05) is 57.8 Å². The van der Waals surface area contributed by atoms with Crippen LogP contribution in [0.3, 0.4) is 0 Å². The van der Waals surface area contributed by atoms with Gasteiger partial charge in [0.05, 0.1) is 15.9 Å². The number of likely N-dealkylation sites (N-methyl/N-ethyl adjacent to an activating group) is 1. The average Bonchev–Trinajstić information content (AvgIpc) is 2.80. The van der Waals surface area contributed by atoms with Gasteiger partial charge in [0.2, 0.25) is 0 Å². The van der Waals surface area contributed by atoms with Crippen molar-refractivity contribution in [2.24, 2.45) is 0 Å². The molecule has 1 aromatic heterocycles. The van der Waals surface area contributed by atoms with E-state index in [-0.39, 0.29) is 0 Å². The summed E-state index contributed by atoms with van der Waals surface area (Å²) >= 11 is 3.73. The summed E-state index contributed by atoms with van der Waals surface area (Å²) in [6.07, 6.45) is 1.03. The number of hydrogen-bond acceptors (Lipinski definition) is 4. The van der Waals surface area contributed by atoms with Gasteiger partial charge in [-0.15, -0.1) is 0 Å². The van der Waals surface area contributed by atoms with E-state index < -0.39 is 0 Å². The molecule has 1 aromatic rings. The van der Waals surface area contributed by atoms with E-state index >= 15 is 0 Å². The predicted molar refractivity (Wildman–Crippen MR) is 88.7 cm³/mol. The molecule has 3 aliphatic heterocycles. The van der Waals surface area contributed by atoms with Crippen molar-refractivity contribution in [3.63, 3.8) is 0 Å². The molecule has 118 valence electrons. The summed E-state index contributed by atoms with van der Waals surface area (Å²) in [4.78, 5) is 5.26. The molecule has 3 aliphatic rings. The standard InChI is InChI=1S/C15H26BrN5/c1-4-21-13(15(16)11(2)18-21)9-12(17-3)14-10-19-5-7-20(14)8-6-19/h12,14,17H,4-10H2,1-3H3. The van der Waals surface area contributed by atoms with Crippen LogP contribution in [0.15, 0.2) is 4.47 Å². The van der Waals surface area contributed by atoms with Gasteiger partial charge in [0.15, 0.2) is 0 Å². The molecule has 0 saturated carbocycles. The number of piperazine rings is 3. The number of rotatable bonds is 5. The molecule has 0 amide bonds. The van der Waals surface area contributed by atoms with Gasteiger partial charge in [-0.05, 0) is 36.8 Å². The van der Waals surface area contributed by atoms with Gasteiger partial charge in [-0.25, -0.2) is 0 Å². The maximum absolute atomic E-state index is 4.63.